The molecule has 0 aromatic heterocycles. The second-order valence-electron chi connectivity index (χ2n) is 4.41. The summed E-state index contributed by atoms with van der Waals surface area (Å²) in [5, 5.41) is 15.1. The van der Waals surface area contributed by atoms with E-state index in [2.05, 4.69) is 10.6 Å². The van der Waals surface area contributed by atoms with Crippen molar-refractivity contribution in [3.8, 4) is 5.75 Å². The van der Waals surface area contributed by atoms with Gasteiger partial charge in [-0.2, -0.15) is 0 Å². The van der Waals surface area contributed by atoms with Gasteiger partial charge in [-0.3, -0.25) is 9.59 Å². The highest BCUT2D eigenvalue weighted by Crippen LogP contribution is 2.42. The number of hydrogen-bond acceptors (Lipinski definition) is 3. The molecule has 108 valence electrons. The Morgan fingerprint density at radius 1 is 1.35 bits per heavy atom. The second kappa shape index (κ2) is 6.08. The number of nitrogens with one attached hydrogen (secondary N) is 2. The quantitative estimate of drug-likeness (QED) is 0.573. The predicted octanol–water partition coefficient (Wildman–Crippen LogP) is 2.82. The van der Waals surface area contributed by atoms with Crippen LogP contribution in [0.5, 0.6) is 5.75 Å². The molecule has 1 heterocycles. The molecular formula is C12H11Cl3N2O3. The Morgan fingerprint density at radius 2 is 2.05 bits per heavy atom. The Hall–Kier alpha value is -1.17. The van der Waals surface area contributed by atoms with E-state index < -0.39 is 11.8 Å². The number of phenolic OH excluding ortho intramolecular Hbond substituents is 1. The summed E-state index contributed by atoms with van der Waals surface area (Å²) in [5.74, 6) is -1.42. The lowest BCUT2D eigenvalue weighted by molar-refractivity contribution is -0.129. The molecule has 8 heteroatoms. The standard InChI is InChI=1S/C12H11Cl3N2O3/c13-6-4-7(14)11(19)10(9(6)15)17-12(20)5-1-2-16-8(18)3-5/h4-5,19H,1-3H2,(H,16,18)(H,17,20)/t5-/m1/s1. The molecule has 3 N–H and O–H groups in total. The van der Waals surface area contributed by atoms with Gasteiger partial charge in [0.25, 0.3) is 0 Å². The molecule has 1 aliphatic heterocycles. The van der Waals surface area contributed by atoms with E-state index >= 15 is 0 Å². The molecule has 1 aliphatic rings. The summed E-state index contributed by atoms with van der Waals surface area (Å²) in [6.45, 7) is 0.437. The average Bonchev–Trinajstić information content (AvgIpc) is 2.41. The van der Waals surface area contributed by atoms with Crippen LogP contribution >= 0.6 is 34.8 Å². The Balaban J connectivity index is 2.21. The van der Waals surface area contributed by atoms with Gasteiger partial charge in [-0.25, -0.2) is 0 Å². The summed E-state index contributed by atoms with van der Waals surface area (Å²) in [4.78, 5) is 23.4. The first-order valence-electron chi connectivity index (χ1n) is 5.84. The summed E-state index contributed by atoms with van der Waals surface area (Å²) < 4.78 is 0. The summed E-state index contributed by atoms with van der Waals surface area (Å²) >= 11 is 17.6. The maximum Gasteiger partial charge on any atom is 0.228 e. The van der Waals surface area contributed by atoms with E-state index in [4.69, 9.17) is 34.8 Å². The van der Waals surface area contributed by atoms with Crippen molar-refractivity contribution in [2.75, 3.05) is 11.9 Å². The fourth-order valence-electron chi connectivity index (χ4n) is 1.93. The van der Waals surface area contributed by atoms with Gasteiger partial charge in [0.15, 0.2) is 5.75 Å². The van der Waals surface area contributed by atoms with Crippen LogP contribution in [0.1, 0.15) is 12.8 Å². The van der Waals surface area contributed by atoms with Crippen LogP contribution in [0.3, 0.4) is 0 Å². The number of carbonyl (C=O) groups is 2. The molecule has 0 unspecified atom stereocenters. The van der Waals surface area contributed by atoms with Gasteiger partial charge in [-0.15, -0.1) is 0 Å². The van der Waals surface area contributed by atoms with Crippen LogP contribution in [0.2, 0.25) is 15.1 Å². The normalized spacial score (nSPS) is 18.6. The summed E-state index contributed by atoms with van der Waals surface area (Å²) in [5.41, 5.74) is -0.0415. The zero-order valence-electron chi connectivity index (χ0n) is 10.2. The maximum absolute atomic E-state index is 12.1. The number of phenols is 1. The van der Waals surface area contributed by atoms with Crippen LogP contribution in [0.4, 0.5) is 5.69 Å². The molecule has 1 atom stereocenters. The second-order valence-corrected chi connectivity index (χ2v) is 5.60. The molecule has 1 aromatic rings. The van der Waals surface area contributed by atoms with E-state index in [0.717, 1.165) is 0 Å². The number of rotatable bonds is 2. The first-order valence-corrected chi connectivity index (χ1v) is 6.97. The highest BCUT2D eigenvalue weighted by Gasteiger charge is 2.27. The fraction of sp³-hybridized carbons (Fsp3) is 0.333. The number of anilines is 1. The molecular weight excluding hydrogens is 327 g/mol. The predicted molar refractivity (Wildman–Crippen MR) is 77.5 cm³/mol. The Kier molecular flexibility index (Phi) is 4.62. The molecule has 2 rings (SSSR count). The zero-order valence-corrected chi connectivity index (χ0v) is 12.4. The fourth-order valence-corrected chi connectivity index (χ4v) is 2.59. The first kappa shape index (κ1) is 15.2. The number of aromatic hydroxyl groups is 1. The van der Waals surface area contributed by atoms with Crippen LogP contribution in [0, 0.1) is 5.92 Å². The van der Waals surface area contributed by atoms with Crippen molar-refractivity contribution >= 4 is 52.3 Å². The lowest BCUT2D eigenvalue weighted by Crippen LogP contribution is -2.38. The van der Waals surface area contributed by atoms with Gasteiger partial charge < -0.3 is 15.7 Å². The van der Waals surface area contributed by atoms with Crippen molar-refractivity contribution in [3.05, 3.63) is 21.1 Å². The molecule has 1 aromatic carbocycles. The topological polar surface area (TPSA) is 78.4 Å². The van der Waals surface area contributed by atoms with E-state index in [-0.39, 0.29) is 38.8 Å². The molecule has 0 radical (unpaired) electrons. The molecule has 5 nitrogen and oxygen atoms in total. The zero-order chi connectivity index (χ0) is 14.9. The summed E-state index contributed by atoms with van der Waals surface area (Å²) in [7, 11) is 0. The van der Waals surface area contributed by atoms with Gasteiger partial charge in [-0.1, -0.05) is 34.8 Å². The van der Waals surface area contributed by atoms with E-state index in [9.17, 15) is 14.7 Å². The summed E-state index contributed by atoms with van der Waals surface area (Å²) in [6.07, 6.45) is 0.614. The van der Waals surface area contributed by atoms with Gasteiger partial charge in [0.1, 0.15) is 5.69 Å². The van der Waals surface area contributed by atoms with Crippen molar-refractivity contribution in [3.63, 3.8) is 0 Å². The lowest BCUT2D eigenvalue weighted by Gasteiger charge is -2.22. The molecule has 1 fully saturated rings. The van der Waals surface area contributed by atoms with Gasteiger partial charge >= 0.3 is 0 Å². The van der Waals surface area contributed by atoms with E-state index in [1.807, 2.05) is 0 Å². The number of benzene rings is 1. The van der Waals surface area contributed by atoms with Crippen molar-refractivity contribution in [2.24, 2.45) is 5.92 Å². The van der Waals surface area contributed by atoms with Gasteiger partial charge in [0.05, 0.1) is 15.1 Å². The Labute approximate surface area is 130 Å². The van der Waals surface area contributed by atoms with Gasteiger partial charge in [0.2, 0.25) is 11.8 Å². The number of carbonyl (C=O) groups excluding carboxylic acids is 2. The van der Waals surface area contributed by atoms with Crippen molar-refractivity contribution in [2.45, 2.75) is 12.8 Å². The van der Waals surface area contributed by atoms with Crippen molar-refractivity contribution in [1.82, 2.24) is 5.32 Å². The third-order valence-electron chi connectivity index (χ3n) is 3.01. The summed E-state index contributed by atoms with van der Waals surface area (Å²) in [6, 6.07) is 1.28. The van der Waals surface area contributed by atoms with Crippen LogP contribution in [0.25, 0.3) is 0 Å². The van der Waals surface area contributed by atoms with Gasteiger partial charge in [0, 0.05) is 18.9 Å². The molecule has 1 saturated heterocycles. The highest BCUT2D eigenvalue weighted by molar-refractivity contribution is 6.46. The van der Waals surface area contributed by atoms with Crippen LogP contribution in [0.15, 0.2) is 6.07 Å². The number of hydrogen-bond donors (Lipinski definition) is 3. The largest absolute Gasteiger partial charge is 0.504 e. The van der Waals surface area contributed by atoms with Gasteiger partial charge in [-0.05, 0) is 12.5 Å². The van der Waals surface area contributed by atoms with Crippen molar-refractivity contribution in [1.29, 1.82) is 0 Å². The van der Waals surface area contributed by atoms with E-state index in [1.54, 1.807) is 0 Å². The average molecular weight is 338 g/mol. The lowest BCUT2D eigenvalue weighted by atomic mass is 9.96. The number of amides is 2. The van der Waals surface area contributed by atoms with E-state index in [0.29, 0.717) is 13.0 Å². The van der Waals surface area contributed by atoms with Crippen LogP contribution < -0.4 is 10.6 Å². The SMILES string of the molecule is O=C1C[C@H](C(=O)Nc2c(O)c(Cl)cc(Cl)c2Cl)CCN1. The highest BCUT2D eigenvalue weighted by atomic mass is 35.5. The molecule has 0 saturated carbocycles. The minimum absolute atomic E-state index is 0.00202. The molecule has 2 amide bonds. The third kappa shape index (κ3) is 3.11. The third-order valence-corrected chi connectivity index (χ3v) is 4.09. The smallest absolute Gasteiger partial charge is 0.228 e. The molecule has 0 bridgehead atoms. The van der Waals surface area contributed by atoms with Crippen LogP contribution in [-0.4, -0.2) is 23.5 Å². The minimum atomic E-state index is -0.475. The Morgan fingerprint density at radius 3 is 2.70 bits per heavy atom. The molecule has 0 spiro atoms. The minimum Gasteiger partial charge on any atom is -0.504 e. The first-order chi connectivity index (χ1) is 9.40. The van der Waals surface area contributed by atoms with Crippen molar-refractivity contribution < 1.29 is 14.7 Å². The van der Waals surface area contributed by atoms with E-state index in [1.165, 1.54) is 6.07 Å². The maximum atomic E-state index is 12.1. The monoisotopic (exact) mass is 336 g/mol. The molecule has 20 heavy (non-hydrogen) atoms. The number of piperidine rings is 1. The number of halogens is 3. The molecule has 0 aliphatic carbocycles. The van der Waals surface area contributed by atoms with Crippen LogP contribution in [-0.2, 0) is 9.59 Å². The Bertz CT molecular complexity index is 551.